The van der Waals surface area contributed by atoms with Crippen LogP contribution < -0.4 is 9.80 Å². The van der Waals surface area contributed by atoms with Gasteiger partial charge in [0.05, 0.1) is 5.69 Å². The molecule has 1 fully saturated rings. The van der Waals surface area contributed by atoms with Gasteiger partial charge in [-0.05, 0) is 13.8 Å². The van der Waals surface area contributed by atoms with Gasteiger partial charge in [0.25, 0.3) is 0 Å². The van der Waals surface area contributed by atoms with Crippen LogP contribution in [0.25, 0.3) is 0 Å². The van der Waals surface area contributed by atoms with Crippen LogP contribution in [0.2, 0.25) is 0 Å². The molecule has 3 rings (SSSR count). The summed E-state index contributed by atoms with van der Waals surface area (Å²) in [5.41, 5.74) is 1.01. The Balaban J connectivity index is 1.73. The fourth-order valence-electron chi connectivity index (χ4n) is 2.99. The molecule has 0 radical (unpaired) electrons. The number of piperazine rings is 1. The standard InChI is InChI=1S/C17H23F3N6O/c1-11-13(12(2)27-23-11)10-25-5-7-26(8-6-25)16-21-14(17(18,19)20)9-15(22-16)24(3)4/h9H,5-8,10H2,1-4H3. The summed E-state index contributed by atoms with van der Waals surface area (Å²) in [5.74, 6) is 1.16. The Bertz CT molecular complexity index is 777. The molecular weight excluding hydrogens is 361 g/mol. The second-order valence-electron chi connectivity index (χ2n) is 6.87. The van der Waals surface area contributed by atoms with Crippen LogP contribution in [0.3, 0.4) is 0 Å². The first-order valence-electron chi connectivity index (χ1n) is 8.68. The van der Waals surface area contributed by atoms with Gasteiger partial charge >= 0.3 is 6.18 Å². The molecule has 0 unspecified atom stereocenters. The predicted molar refractivity (Wildman–Crippen MR) is 94.8 cm³/mol. The summed E-state index contributed by atoms with van der Waals surface area (Å²) < 4.78 is 44.7. The number of hydrogen-bond donors (Lipinski definition) is 0. The number of halogens is 3. The van der Waals surface area contributed by atoms with Gasteiger partial charge in [0, 0.05) is 58.4 Å². The van der Waals surface area contributed by atoms with Crippen LogP contribution in [0.4, 0.5) is 24.9 Å². The van der Waals surface area contributed by atoms with Crippen molar-refractivity contribution in [3.05, 3.63) is 28.8 Å². The third-order valence-corrected chi connectivity index (χ3v) is 4.67. The Hall–Kier alpha value is -2.36. The van der Waals surface area contributed by atoms with Gasteiger partial charge < -0.3 is 14.3 Å². The molecule has 27 heavy (non-hydrogen) atoms. The first kappa shape index (κ1) is 19.4. The molecule has 2 aromatic rings. The fourth-order valence-corrected chi connectivity index (χ4v) is 2.99. The monoisotopic (exact) mass is 384 g/mol. The SMILES string of the molecule is Cc1noc(C)c1CN1CCN(c2nc(N(C)C)cc(C(F)(F)F)n2)CC1. The molecule has 0 spiro atoms. The average Bonchev–Trinajstić information content (AvgIpc) is 2.93. The summed E-state index contributed by atoms with van der Waals surface area (Å²) in [6, 6.07) is 0.969. The molecule has 0 aliphatic carbocycles. The summed E-state index contributed by atoms with van der Waals surface area (Å²) in [6.45, 7) is 6.99. The number of rotatable bonds is 4. The molecule has 1 aliphatic rings. The molecule has 7 nitrogen and oxygen atoms in total. The van der Waals surface area contributed by atoms with Crippen LogP contribution in [0, 0.1) is 13.8 Å². The van der Waals surface area contributed by atoms with E-state index in [0.29, 0.717) is 32.7 Å². The van der Waals surface area contributed by atoms with Crippen LogP contribution in [-0.4, -0.2) is 60.3 Å². The minimum Gasteiger partial charge on any atom is -0.363 e. The van der Waals surface area contributed by atoms with Crippen molar-refractivity contribution in [2.45, 2.75) is 26.6 Å². The minimum absolute atomic E-state index is 0.116. The van der Waals surface area contributed by atoms with Gasteiger partial charge in [-0.25, -0.2) is 4.98 Å². The number of aryl methyl sites for hydroxylation is 2. The lowest BCUT2D eigenvalue weighted by atomic mass is 10.2. The molecular formula is C17H23F3N6O. The Labute approximate surface area is 155 Å². The lowest BCUT2D eigenvalue weighted by molar-refractivity contribution is -0.141. The normalized spacial score (nSPS) is 16.0. The Morgan fingerprint density at radius 1 is 1.11 bits per heavy atom. The van der Waals surface area contributed by atoms with Gasteiger partial charge in [0.1, 0.15) is 11.6 Å². The van der Waals surface area contributed by atoms with Gasteiger partial charge in [-0.3, -0.25) is 4.90 Å². The second kappa shape index (κ2) is 7.34. The van der Waals surface area contributed by atoms with Crippen LogP contribution in [0.5, 0.6) is 0 Å². The maximum Gasteiger partial charge on any atom is 0.433 e. The third-order valence-electron chi connectivity index (χ3n) is 4.67. The lowest BCUT2D eigenvalue weighted by Gasteiger charge is -2.35. The molecule has 3 heterocycles. The van der Waals surface area contributed by atoms with Crippen molar-refractivity contribution in [3.8, 4) is 0 Å². The highest BCUT2D eigenvalue weighted by Gasteiger charge is 2.35. The van der Waals surface area contributed by atoms with Crippen molar-refractivity contribution in [1.29, 1.82) is 0 Å². The van der Waals surface area contributed by atoms with Crippen LogP contribution in [0.15, 0.2) is 10.6 Å². The largest absolute Gasteiger partial charge is 0.433 e. The first-order valence-corrected chi connectivity index (χ1v) is 8.68. The molecule has 1 aliphatic heterocycles. The van der Waals surface area contributed by atoms with E-state index >= 15 is 0 Å². The van der Waals surface area contributed by atoms with E-state index in [1.165, 1.54) is 0 Å². The second-order valence-corrected chi connectivity index (χ2v) is 6.87. The molecule has 0 atom stereocenters. The van der Waals surface area contributed by atoms with Crippen molar-refractivity contribution in [1.82, 2.24) is 20.0 Å². The quantitative estimate of drug-likeness (QED) is 0.803. The van der Waals surface area contributed by atoms with Gasteiger partial charge in [0.15, 0.2) is 5.69 Å². The maximum atomic E-state index is 13.2. The molecule has 2 aromatic heterocycles. The third kappa shape index (κ3) is 4.32. The van der Waals surface area contributed by atoms with Crippen LogP contribution in [-0.2, 0) is 12.7 Å². The molecule has 0 N–H and O–H groups in total. The molecule has 1 saturated heterocycles. The molecule has 10 heteroatoms. The smallest absolute Gasteiger partial charge is 0.363 e. The van der Waals surface area contributed by atoms with Crippen LogP contribution in [0.1, 0.15) is 22.7 Å². The number of hydrogen-bond acceptors (Lipinski definition) is 7. The van der Waals surface area contributed by atoms with E-state index in [1.807, 2.05) is 13.8 Å². The summed E-state index contributed by atoms with van der Waals surface area (Å²) in [5, 5.41) is 3.96. The van der Waals surface area contributed by atoms with Crippen molar-refractivity contribution in [3.63, 3.8) is 0 Å². The fraction of sp³-hybridized carbons (Fsp3) is 0.588. The Morgan fingerprint density at radius 3 is 2.30 bits per heavy atom. The first-order chi connectivity index (χ1) is 12.6. The predicted octanol–water partition coefficient (Wildman–Crippen LogP) is 2.49. The summed E-state index contributed by atoms with van der Waals surface area (Å²) >= 11 is 0. The molecule has 0 saturated carbocycles. The number of anilines is 2. The van der Waals surface area contributed by atoms with Crippen molar-refractivity contribution >= 4 is 11.8 Å². The highest BCUT2D eigenvalue weighted by Crippen LogP contribution is 2.31. The summed E-state index contributed by atoms with van der Waals surface area (Å²) in [4.78, 5) is 13.6. The van der Waals surface area contributed by atoms with E-state index in [2.05, 4.69) is 20.0 Å². The van der Waals surface area contributed by atoms with E-state index in [4.69, 9.17) is 4.52 Å². The van der Waals surface area contributed by atoms with Gasteiger partial charge in [0.2, 0.25) is 5.95 Å². The van der Waals surface area contributed by atoms with E-state index in [1.54, 1.807) is 23.9 Å². The highest BCUT2D eigenvalue weighted by atomic mass is 19.4. The molecule has 0 bridgehead atoms. The Kier molecular flexibility index (Phi) is 5.27. The van der Waals surface area contributed by atoms with Gasteiger partial charge in [-0.2, -0.15) is 18.2 Å². The zero-order valence-corrected chi connectivity index (χ0v) is 15.8. The maximum absolute atomic E-state index is 13.2. The highest BCUT2D eigenvalue weighted by molar-refractivity contribution is 5.46. The van der Waals surface area contributed by atoms with Crippen molar-refractivity contribution in [2.75, 3.05) is 50.1 Å². The topological polar surface area (TPSA) is 61.5 Å². The van der Waals surface area contributed by atoms with E-state index < -0.39 is 11.9 Å². The zero-order valence-electron chi connectivity index (χ0n) is 15.8. The number of aromatic nitrogens is 3. The van der Waals surface area contributed by atoms with Crippen molar-refractivity contribution < 1.29 is 17.7 Å². The molecule has 0 amide bonds. The van der Waals surface area contributed by atoms with Gasteiger partial charge in [-0.15, -0.1) is 0 Å². The zero-order chi connectivity index (χ0) is 19.8. The van der Waals surface area contributed by atoms with E-state index in [9.17, 15) is 13.2 Å². The van der Waals surface area contributed by atoms with Crippen LogP contribution >= 0.6 is 0 Å². The molecule has 0 aromatic carbocycles. The number of alkyl halides is 3. The lowest BCUT2D eigenvalue weighted by Crippen LogP contribution is -2.46. The van der Waals surface area contributed by atoms with Gasteiger partial charge in [-0.1, -0.05) is 5.16 Å². The van der Waals surface area contributed by atoms with Crippen molar-refractivity contribution in [2.24, 2.45) is 0 Å². The van der Waals surface area contributed by atoms with E-state index in [-0.39, 0.29) is 11.8 Å². The molecule has 148 valence electrons. The average molecular weight is 384 g/mol. The Morgan fingerprint density at radius 2 is 1.78 bits per heavy atom. The summed E-state index contributed by atoms with van der Waals surface area (Å²) in [7, 11) is 3.32. The van der Waals surface area contributed by atoms with E-state index in [0.717, 1.165) is 23.1 Å². The summed E-state index contributed by atoms with van der Waals surface area (Å²) in [6.07, 6.45) is -4.51. The minimum atomic E-state index is -4.51. The number of nitrogens with zero attached hydrogens (tertiary/aromatic N) is 6.